The van der Waals surface area contributed by atoms with Crippen molar-refractivity contribution in [2.24, 2.45) is 5.84 Å². The second kappa shape index (κ2) is 5.86. The van der Waals surface area contributed by atoms with Crippen LogP contribution in [0, 0.1) is 0 Å². The van der Waals surface area contributed by atoms with Gasteiger partial charge < -0.3 is 5.73 Å². The van der Waals surface area contributed by atoms with Gasteiger partial charge in [0.05, 0.1) is 0 Å². The SMILES string of the molecule is CC(C)(C(Cc1cccnc1N)NN)N1CCCC1. The lowest BCUT2D eigenvalue weighted by atomic mass is 9.88. The standard InChI is InChI=1S/C14H25N5/c1-14(2,19-8-3-4-9-19)12(18-16)10-11-6-5-7-17-13(11)15/h5-7,12,18H,3-4,8-10,16H2,1-2H3,(H2,15,17). The molecular formula is C14H25N5. The molecule has 1 aliphatic rings. The summed E-state index contributed by atoms with van der Waals surface area (Å²) in [5, 5.41) is 0. The second-order valence-corrected chi connectivity index (χ2v) is 5.82. The van der Waals surface area contributed by atoms with E-state index < -0.39 is 0 Å². The maximum absolute atomic E-state index is 5.93. The van der Waals surface area contributed by atoms with E-state index >= 15 is 0 Å². The minimum absolute atomic E-state index is 0.00747. The van der Waals surface area contributed by atoms with Gasteiger partial charge in [-0.1, -0.05) is 6.07 Å². The highest BCUT2D eigenvalue weighted by Crippen LogP contribution is 2.26. The zero-order valence-electron chi connectivity index (χ0n) is 11.9. The predicted octanol–water partition coefficient (Wildman–Crippen LogP) is 0.913. The number of anilines is 1. The summed E-state index contributed by atoms with van der Waals surface area (Å²) in [6, 6.07) is 4.09. The van der Waals surface area contributed by atoms with Gasteiger partial charge in [0.2, 0.25) is 0 Å². The molecule has 0 bridgehead atoms. The fraction of sp³-hybridized carbons (Fsp3) is 0.643. The van der Waals surface area contributed by atoms with E-state index in [0.29, 0.717) is 5.82 Å². The number of hydrazine groups is 1. The zero-order valence-corrected chi connectivity index (χ0v) is 11.9. The molecule has 2 rings (SSSR count). The van der Waals surface area contributed by atoms with Crippen LogP contribution in [0.15, 0.2) is 18.3 Å². The lowest BCUT2D eigenvalue weighted by molar-refractivity contribution is 0.107. The van der Waals surface area contributed by atoms with Crippen LogP contribution in [0.4, 0.5) is 5.82 Å². The molecule has 0 spiro atoms. The first-order chi connectivity index (χ1) is 9.05. The Kier molecular flexibility index (Phi) is 4.39. The first kappa shape index (κ1) is 14.2. The maximum Gasteiger partial charge on any atom is 0.126 e. The minimum Gasteiger partial charge on any atom is -0.383 e. The van der Waals surface area contributed by atoms with Crippen molar-refractivity contribution in [2.45, 2.75) is 44.7 Å². The molecule has 0 radical (unpaired) electrons. The van der Waals surface area contributed by atoms with Crippen LogP contribution in [0.2, 0.25) is 0 Å². The average Bonchev–Trinajstić information content (AvgIpc) is 2.92. The second-order valence-electron chi connectivity index (χ2n) is 5.82. The fourth-order valence-electron chi connectivity index (χ4n) is 2.87. The average molecular weight is 263 g/mol. The molecule has 1 fully saturated rings. The van der Waals surface area contributed by atoms with Gasteiger partial charge in [0.1, 0.15) is 5.82 Å². The molecule has 1 aromatic rings. The zero-order chi connectivity index (χ0) is 13.9. The third-order valence-electron chi connectivity index (χ3n) is 4.33. The molecule has 2 heterocycles. The van der Waals surface area contributed by atoms with Crippen LogP contribution in [-0.4, -0.2) is 34.6 Å². The lowest BCUT2D eigenvalue weighted by Crippen LogP contribution is -2.59. The molecule has 19 heavy (non-hydrogen) atoms. The Balaban J connectivity index is 2.13. The summed E-state index contributed by atoms with van der Waals surface area (Å²) in [5.74, 6) is 6.38. The molecule has 0 aliphatic carbocycles. The number of pyridine rings is 1. The van der Waals surface area contributed by atoms with E-state index in [-0.39, 0.29) is 11.6 Å². The molecule has 5 nitrogen and oxygen atoms in total. The number of hydrogen-bond acceptors (Lipinski definition) is 5. The number of rotatable bonds is 5. The van der Waals surface area contributed by atoms with Crippen molar-refractivity contribution in [1.82, 2.24) is 15.3 Å². The van der Waals surface area contributed by atoms with Gasteiger partial charge in [-0.2, -0.15) is 0 Å². The molecule has 1 unspecified atom stereocenters. The highest BCUT2D eigenvalue weighted by molar-refractivity contribution is 5.39. The van der Waals surface area contributed by atoms with Crippen LogP contribution < -0.4 is 17.0 Å². The molecule has 0 aromatic carbocycles. The molecular weight excluding hydrogens is 238 g/mol. The van der Waals surface area contributed by atoms with E-state index in [0.717, 1.165) is 25.1 Å². The van der Waals surface area contributed by atoms with Crippen molar-refractivity contribution in [3.63, 3.8) is 0 Å². The number of nitrogens with zero attached hydrogens (tertiary/aromatic N) is 2. The summed E-state index contributed by atoms with van der Waals surface area (Å²) >= 11 is 0. The summed E-state index contributed by atoms with van der Waals surface area (Å²) in [5.41, 5.74) is 9.96. The van der Waals surface area contributed by atoms with Crippen molar-refractivity contribution < 1.29 is 0 Å². The molecule has 1 saturated heterocycles. The molecule has 1 aliphatic heterocycles. The van der Waals surface area contributed by atoms with E-state index in [2.05, 4.69) is 29.2 Å². The van der Waals surface area contributed by atoms with E-state index in [1.807, 2.05) is 12.1 Å². The van der Waals surface area contributed by atoms with Crippen LogP contribution in [-0.2, 0) is 6.42 Å². The number of nitrogens with one attached hydrogen (secondary N) is 1. The van der Waals surface area contributed by atoms with Gasteiger partial charge in [-0.05, 0) is 57.8 Å². The van der Waals surface area contributed by atoms with Crippen LogP contribution >= 0.6 is 0 Å². The lowest BCUT2D eigenvalue weighted by Gasteiger charge is -2.42. The van der Waals surface area contributed by atoms with Crippen LogP contribution in [0.5, 0.6) is 0 Å². The molecule has 0 saturated carbocycles. The smallest absolute Gasteiger partial charge is 0.126 e. The fourth-order valence-corrected chi connectivity index (χ4v) is 2.87. The van der Waals surface area contributed by atoms with Crippen LogP contribution in [0.1, 0.15) is 32.3 Å². The first-order valence-electron chi connectivity index (χ1n) is 6.96. The van der Waals surface area contributed by atoms with E-state index in [1.165, 1.54) is 12.8 Å². The topological polar surface area (TPSA) is 80.2 Å². The van der Waals surface area contributed by atoms with Gasteiger partial charge in [0.25, 0.3) is 0 Å². The third-order valence-corrected chi connectivity index (χ3v) is 4.33. The minimum atomic E-state index is 0.00747. The Hall–Kier alpha value is -1.17. The Bertz CT molecular complexity index is 412. The number of nitrogen functional groups attached to an aromatic ring is 1. The molecule has 5 N–H and O–H groups in total. The molecule has 0 amide bonds. The number of aromatic nitrogens is 1. The van der Waals surface area contributed by atoms with Gasteiger partial charge in [-0.3, -0.25) is 16.2 Å². The number of hydrogen-bond donors (Lipinski definition) is 3. The highest BCUT2D eigenvalue weighted by atomic mass is 15.3. The molecule has 1 atom stereocenters. The van der Waals surface area contributed by atoms with Crippen molar-refractivity contribution in [1.29, 1.82) is 0 Å². The Morgan fingerprint density at radius 3 is 2.68 bits per heavy atom. The molecule has 106 valence electrons. The van der Waals surface area contributed by atoms with E-state index in [1.54, 1.807) is 6.20 Å². The predicted molar refractivity (Wildman–Crippen MR) is 78.4 cm³/mol. The summed E-state index contributed by atoms with van der Waals surface area (Å²) in [4.78, 5) is 6.65. The summed E-state index contributed by atoms with van der Waals surface area (Å²) < 4.78 is 0. The summed E-state index contributed by atoms with van der Waals surface area (Å²) in [6.45, 7) is 6.78. The number of likely N-dealkylation sites (tertiary alicyclic amines) is 1. The van der Waals surface area contributed by atoms with Gasteiger partial charge >= 0.3 is 0 Å². The Morgan fingerprint density at radius 2 is 2.11 bits per heavy atom. The molecule has 1 aromatic heterocycles. The third kappa shape index (κ3) is 3.05. The highest BCUT2D eigenvalue weighted by Gasteiger charge is 2.36. The monoisotopic (exact) mass is 263 g/mol. The Morgan fingerprint density at radius 1 is 1.42 bits per heavy atom. The molecule has 5 heteroatoms. The van der Waals surface area contributed by atoms with Crippen molar-refractivity contribution in [3.8, 4) is 0 Å². The normalized spacial score (nSPS) is 18.7. The van der Waals surface area contributed by atoms with Crippen LogP contribution in [0.3, 0.4) is 0 Å². The van der Waals surface area contributed by atoms with Gasteiger partial charge in [0, 0.05) is 17.8 Å². The maximum atomic E-state index is 5.93. The van der Waals surface area contributed by atoms with E-state index in [9.17, 15) is 0 Å². The number of nitrogens with two attached hydrogens (primary N) is 2. The van der Waals surface area contributed by atoms with Crippen molar-refractivity contribution in [2.75, 3.05) is 18.8 Å². The summed E-state index contributed by atoms with van der Waals surface area (Å²) in [7, 11) is 0. The van der Waals surface area contributed by atoms with Gasteiger partial charge in [-0.15, -0.1) is 0 Å². The largest absolute Gasteiger partial charge is 0.383 e. The van der Waals surface area contributed by atoms with Gasteiger partial charge in [0.15, 0.2) is 0 Å². The first-order valence-corrected chi connectivity index (χ1v) is 6.96. The van der Waals surface area contributed by atoms with Crippen molar-refractivity contribution in [3.05, 3.63) is 23.9 Å². The quantitative estimate of drug-likeness (QED) is 0.543. The van der Waals surface area contributed by atoms with Crippen molar-refractivity contribution >= 4 is 5.82 Å². The summed E-state index contributed by atoms with van der Waals surface area (Å²) in [6.07, 6.45) is 5.06. The van der Waals surface area contributed by atoms with Crippen LogP contribution in [0.25, 0.3) is 0 Å². The van der Waals surface area contributed by atoms with Gasteiger partial charge in [-0.25, -0.2) is 4.98 Å². The van der Waals surface area contributed by atoms with E-state index in [4.69, 9.17) is 11.6 Å². The Labute approximate surface area is 115 Å².